The SMILES string of the molecule is c1coc(-c2nnc(CN3CCN(Cc4ccc5c(c4)CCO5)CC3)o2)c1. The molecule has 0 atom stereocenters. The van der Waals surface area contributed by atoms with E-state index < -0.39 is 0 Å². The van der Waals surface area contributed by atoms with Gasteiger partial charge in [0, 0.05) is 39.1 Å². The van der Waals surface area contributed by atoms with E-state index in [1.54, 1.807) is 6.26 Å². The summed E-state index contributed by atoms with van der Waals surface area (Å²) < 4.78 is 16.6. The van der Waals surface area contributed by atoms with Crippen LogP contribution in [0.4, 0.5) is 0 Å². The van der Waals surface area contributed by atoms with Gasteiger partial charge in [-0.15, -0.1) is 10.2 Å². The predicted octanol–water partition coefficient (Wildman–Crippen LogP) is 2.58. The number of rotatable bonds is 5. The molecule has 0 spiro atoms. The highest BCUT2D eigenvalue weighted by atomic mass is 16.5. The molecule has 2 aliphatic heterocycles. The van der Waals surface area contributed by atoms with E-state index in [2.05, 4.69) is 38.2 Å². The average molecular weight is 366 g/mol. The fraction of sp³-hybridized carbons (Fsp3) is 0.400. The summed E-state index contributed by atoms with van der Waals surface area (Å²) in [6.45, 7) is 6.54. The average Bonchev–Trinajstić information content (AvgIpc) is 3.44. The minimum absolute atomic E-state index is 0.439. The molecule has 0 bridgehead atoms. The van der Waals surface area contributed by atoms with Crippen LogP contribution >= 0.6 is 0 Å². The summed E-state index contributed by atoms with van der Waals surface area (Å²) in [5.41, 5.74) is 2.71. The second kappa shape index (κ2) is 7.17. The molecule has 2 aliphatic rings. The van der Waals surface area contributed by atoms with E-state index in [1.165, 1.54) is 11.1 Å². The molecule has 0 radical (unpaired) electrons. The molecule has 0 N–H and O–H groups in total. The molecule has 27 heavy (non-hydrogen) atoms. The van der Waals surface area contributed by atoms with Gasteiger partial charge in [0.25, 0.3) is 5.89 Å². The first-order valence-electron chi connectivity index (χ1n) is 9.39. The highest BCUT2D eigenvalue weighted by Gasteiger charge is 2.20. The monoisotopic (exact) mass is 366 g/mol. The summed E-state index contributed by atoms with van der Waals surface area (Å²) in [4.78, 5) is 4.85. The van der Waals surface area contributed by atoms with Gasteiger partial charge in [-0.05, 0) is 29.3 Å². The number of nitrogens with zero attached hydrogens (tertiary/aromatic N) is 4. The maximum Gasteiger partial charge on any atom is 0.283 e. The first-order chi connectivity index (χ1) is 13.3. The Kier molecular flexibility index (Phi) is 4.39. The first-order valence-corrected chi connectivity index (χ1v) is 9.39. The van der Waals surface area contributed by atoms with Crippen LogP contribution in [0.2, 0.25) is 0 Å². The quantitative estimate of drug-likeness (QED) is 0.687. The predicted molar refractivity (Wildman–Crippen MR) is 98.2 cm³/mol. The summed E-state index contributed by atoms with van der Waals surface area (Å²) in [5, 5.41) is 8.21. The molecular weight excluding hydrogens is 344 g/mol. The molecule has 7 heteroatoms. The van der Waals surface area contributed by atoms with E-state index in [-0.39, 0.29) is 0 Å². The van der Waals surface area contributed by atoms with Crippen LogP contribution in [0.25, 0.3) is 11.7 Å². The zero-order chi connectivity index (χ0) is 18.1. The van der Waals surface area contributed by atoms with Gasteiger partial charge in [-0.2, -0.15) is 0 Å². The Morgan fingerprint density at radius 3 is 2.63 bits per heavy atom. The maximum absolute atomic E-state index is 5.71. The van der Waals surface area contributed by atoms with E-state index in [0.717, 1.165) is 51.5 Å². The lowest BCUT2D eigenvalue weighted by Crippen LogP contribution is -2.45. The van der Waals surface area contributed by atoms with Crippen molar-refractivity contribution in [3.63, 3.8) is 0 Å². The molecule has 7 nitrogen and oxygen atoms in total. The van der Waals surface area contributed by atoms with Crippen molar-refractivity contribution in [3.8, 4) is 17.4 Å². The summed E-state index contributed by atoms with van der Waals surface area (Å²) >= 11 is 0. The second-order valence-corrected chi connectivity index (χ2v) is 7.07. The third-order valence-corrected chi connectivity index (χ3v) is 5.18. The van der Waals surface area contributed by atoms with Gasteiger partial charge in [0.2, 0.25) is 5.89 Å². The van der Waals surface area contributed by atoms with Crippen molar-refractivity contribution < 1.29 is 13.6 Å². The third kappa shape index (κ3) is 3.61. The Labute approximate surface area is 157 Å². The van der Waals surface area contributed by atoms with Crippen LogP contribution in [0, 0.1) is 0 Å². The molecule has 2 aromatic heterocycles. The number of hydrogen-bond acceptors (Lipinski definition) is 7. The highest BCUT2D eigenvalue weighted by Crippen LogP contribution is 2.26. The summed E-state index contributed by atoms with van der Waals surface area (Å²) in [5.74, 6) is 2.73. The molecule has 1 aromatic carbocycles. The number of benzene rings is 1. The lowest BCUT2D eigenvalue weighted by molar-refractivity contribution is 0.114. The van der Waals surface area contributed by atoms with Crippen molar-refractivity contribution in [3.05, 3.63) is 53.6 Å². The first kappa shape index (κ1) is 16.5. The second-order valence-electron chi connectivity index (χ2n) is 7.07. The van der Waals surface area contributed by atoms with Crippen molar-refractivity contribution in [1.82, 2.24) is 20.0 Å². The molecule has 140 valence electrons. The number of ether oxygens (including phenoxy) is 1. The van der Waals surface area contributed by atoms with E-state index in [1.807, 2.05) is 12.1 Å². The van der Waals surface area contributed by atoms with Gasteiger partial charge >= 0.3 is 0 Å². The molecule has 0 saturated carbocycles. The summed E-state index contributed by atoms with van der Waals surface area (Å²) in [6, 6.07) is 10.2. The molecule has 0 amide bonds. The van der Waals surface area contributed by atoms with Crippen LogP contribution in [0.1, 0.15) is 17.0 Å². The van der Waals surface area contributed by atoms with Gasteiger partial charge in [-0.1, -0.05) is 12.1 Å². The molecule has 1 fully saturated rings. The van der Waals surface area contributed by atoms with Crippen LogP contribution in [-0.4, -0.2) is 52.8 Å². The fourth-order valence-corrected chi connectivity index (χ4v) is 3.71. The molecule has 3 aromatic rings. The van der Waals surface area contributed by atoms with E-state index in [9.17, 15) is 0 Å². The topological polar surface area (TPSA) is 67.8 Å². The molecule has 4 heterocycles. The Hall–Kier alpha value is -2.64. The standard InChI is InChI=1S/C20H22N4O3/c1-2-18(25-10-1)20-22-21-19(27-20)14-24-8-6-23(7-9-24)13-15-3-4-17-16(12-15)5-11-26-17/h1-4,10,12H,5-9,11,13-14H2. The lowest BCUT2D eigenvalue weighted by Gasteiger charge is -2.34. The van der Waals surface area contributed by atoms with Gasteiger partial charge in [-0.3, -0.25) is 9.80 Å². The Morgan fingerprint density at radius 2 is 1.81 bits per heavy atom. The Bertz CT molecular complexity index is 898. The molecular formula is C20H22N4O3. The normalized spacial score (nSPS) is 17.8. The van der Waals surface area contributed by atoms with Gasteiger partial charge in [0.05, 0.1) is 19.4 Å². The van der Waals surface area contributed by atoms with Gasteiger partial charge in [0.15, 0.2) is 5.76 Å². The third-order valence-electron chi connectivity index (χ3n) is 5.18. The van der Waals surface area contributed by atoms with E-state index >= 15 is 0 Å². The zero-order valence-corrected chi connectivity index (χ0v) is 15.1. The van der Waals surface area contributed by atoms with Crippen molar-refractivity contribution in [2.24, 2.45) is 0 Å². The highest BCUT2D eigenvalue weighted by molar-refractivity contribution is 5.42. The van der Waals surface area contributed by atoms with Crippen molar-refractivity contribution in [2.75, 3.05) is 32.8 Å². The molecule has 5 rings (SSSR count). The van der Waals surface area contributed by atoms with Crippen LogP contribution < -0.4 is 4.74 Å². The van der Waals surface area contributed by atoms with Crippen LogP contribution in [0.15, 0.2) is 45.4 Å². The van der Waals surface area contributed by atoms with E-state index in [4.69, 9.17) is 13.6 Å². The smallest absolute Gasteiger partial charge is 0.283 e. The van der Waals surface area contributed by atoms with Crippen molar-refractivity contribution >= 4 is 0 Å². The molecule has 0 aliphatic carbocycles. The van der Waals surface area contributed by atoms with Crippen molar-refractivity contribution in [1.29, 1.82) is 0 Å². The number of piperazine rings is 1. The van der Waals surface area contributed by atoms with Crippen LogP contribution in [-0.2, 0) is 19.5 Å². The number of hydrogen-bond donors (Lipinski definition) is 0. The lowest BCUT2D eigenvalue weighted by atomic mass is 10.1. The minimum Gasteiger partial charge on any atom is -0.493 e. The largest absolute Gasteiger partial charge is 0.493 e. The minimum atomic E-state index is 0.439. The molecule has 0 unspecified atom stereocenters. The number of fused-ring (bicyclic) bond motifs is 1. The van der Waals surface area contributed by atoms with Crippen molar-refractivity contribution in [2.45, 2.75) is 19.5 Å². The van der Waals surface area contributed by atoms with Gasteiger partial charge < -0.3 is 13.6 Å². The summed E-state index contributed by atoms with van der Waals surface area (Å²) in [6.07, 6.45) is 2.63. The zero-order valence-electron chi connectivity index (χ0n) is 15.1. The maximum atomic E-state index is 5.71. The number of aromatic nitrogens is 2. The van der Waals surface area contributed by atoms with Gasteiger partial charge in [0.1, 0.15) is 5.75 Å². The fourth-order valence-electron chi connectivity index (χ4n) is 3.71. The van der Waals surface area contributed by atoms with Gasteiger partial charge in [-0.25, -0.2) is 0 Å². The van der Waals surface area contributed by atoms with Crippen LogP contribution in [0.5, 0.6) is 5.75 Å². The summed E-state index contributed by atoms with van der Waals surface area (Å²) in [7, 11) is 0. The van der Waals surface area contributed by atoms with E-state index in [0.29, 0.717) is 24.1 Å². The van der Waals surface area contributed by atoms with Crippen LogP contribution in [0.3, 0.4) is 0 Å². The molecule has 1 saturated heterocycles. The number of furan rings is 1. The Balaban J connectivity index is 1.14. The Morgan fingerprint density at radius 1 is 0.963 bits per heavy atom.